The van der Waals surface area contributed by atoms with Gasteiger partial charge in [-0.25, -0.2) is 0 Å². The van der Waals surface area contributed by atoms with E-state index in [1.807, 2.05) is 0 Å². The number of aryl methyl sites for hydroxylation is 1. The molecule has 1 aromatic heterocycles. The Labute approximate surface area is 86.4 Å². The maximum Gasteiger partial charge on any atom is 0.244 e. The predicted molar refractivity (Wildman–Crippen MR) is 54.0 cm³/mol. The summed E-state index contributed by atoms with van der Waals surface area (Å²) in [5.74, 6) is -0.169. The molecule has 5 N–H and O–H groups in total. The summed E-state index contributed by atoms with van der Waals surface area (Å²) in [5, 5.41) is 11.3. The summed E-state index contributed by atoms with van der Waals surface area (Å²) in [6, 6.07) is 0. The highest BCUT2D eigenvalue weighted by Gasteiger charge is 2.06. The highest BCUT2D eigenvalue weighted by Crippen LogP contribution is 2.07. The van der Waals surface area contributed by atoms with Crippen LogP contribution >= 0.6 is 0 Å². The average Bonchev–Trinajstić information content (AvgIpc) is 2.61. The van der Waals surface area contributed by atoms with Crippen LogP contribution in [0.5, 0.6) is 0 Å². The summed E-state index contributed by atoms with van der Waals surface area (Å²) in [7, 11) is 0. The Bertz CT molecular complexity index is 360. The molecule has 0 unspecified atom stereocenters. The van der Waals surface area contributed by atoms with E-state index < -0.39 is 0 Å². The molecule has 1 rings (SSSR count). The molecule has 0 saturated carbocycles. The topological polar surface area (TPSA) is 113 Å². The van der Waals surface area contributed by atoms with Crippen molar-refractivity contribution in [2.45, 2.75) is 6.92 Å². The second-order valence-electron chi connectivity index (χ2n) is 2.96. The van der Waals surface area contributed by atoms with E-state index >= 15 is 0 Å². The van der Waals surface area contributed by atoms with Gasteiger partial charge in [0.1, 0.15) is 5.82 Å². The Kier molecular flexibility index (Phi) is 3.81. The number of hydrogen-bond acceptors (Lipinski definition) is 4. The molecule has 0 spiro atoms. The Morgan fingerprint density at radius 2 is 2.27 bits per heavy atom. The van der Waals surface area contributed by atoms with Crippen LogP contribution in [0, 0.1) is 6.92 Å². The zero-order chi connectivity index (χ0) is 11.3. The van der Waals surface area contributed by atoms with Crippen molar-refractivity contribution in [2.75, 3.05) is 18.4 Å². The van der Waals surface area contributed by atoms with Gasteiger partial charge in [-0.1, -0.05) is 0 Å². The van der Waals surface area contributed by atoms with E-state index in [9.17, 15) is 9.59 Å². The quantitative estimate of drug-likeness (QED) is 0.497. The molecule has 7 heteroatoms. The van der Waals surface area contributed by atoms with E-state index in [0.29, 0.717) is 5.82 Å². The number of carbonyl (C=O) groups is 2. The average molecular weight is 211 g/mol. The molecular formula is C8H13N5O2. The molecule has 7 nitrogen and oxygen atoms in total. The molecule has 0 aromatic carbocycles. The van der Waals surface area contributed by atoms with Crippen LogP contribution in [-0.2, 0) is 9.59 Å². The van der Waals surface area contributed by atoms with Gasteiger partial charge in [0.25, 0.3) is 0 Å². The highest BCUT2D eigenvalue weighted by atomic mass is 16.2. The Hall–Kier alpha value is -1.89. The molecular weight excluding hydrogens is 198 g/mol. The fraction of sp³-hybridized carbons (Fsp3) is 0.375. The first-order valence-corrected chi connectivity index (χ1v) is 4.40. The molecule has 0 aliphatic carbocycles. The zero-order valence-corrected chi connectivity index (χ0v) is 8.33. The van der Waals surface area contributed by atoms with Gasteiger partial charge in [-0.05, 0) is 6.92 Å². The van der Waals surface area contributed by atoms with E-state index in [0.717, 1.165) is 5.56 Å². The van der Waals surface area contributed by atoms with Gasteiger partial charge in [0.15, 0.2) is 0 Å². The van der Waals surface area contributed by atoms with E-state index in [1.165, 1.54) is 0 Å². The second-order valence-corrected chi connectivity index (χ2v) is 2.96. The monoisotopic (exact) mass is 211 g/mol. The number of H-pyrrole nitrogens is 1. The van der Waals surface area contributed by atoms with Gasteiger partial charge >= 0.3 is 0 Å². The molecule has 1 aromatic rings. The molecule has 1 heterocycles. The standard InChI is InChI=1S/C8H13N5O2/c1-5-3-11-13-8(5)12-7(15)4-10-6(14)2-9/h3H,2,4,9H2,1H3,(H,10,14)(H2,11,12,13,15). The Morgan fingerprint density at radius 3 is 2.80 bits per heavy atom. The van der Waals surface area contributed by atoms with Crippen LogP contribution < -0.4 is 16.4 Å². The van der Waals surface area contributed by atoms with Crippen molar-refractivity contribution in [3.8, 4) is 0 Å². The summed E-state index contributed by atoms with van der Waals surface area (Å²) in [4.78, 5) is 22.0. The van der Waals surface area contributed by atoms with Gasteiger partial charge in [-0.3, -0.25) is 14.7 Å². The smallest absolute Gasteiger partial charge is 0.244 e. The van der Waals surface area contributed by atoms with Crippen molar-refractivity contribution >= 4 is 17.6 Å². The lowest BCUT2D eigenvalue weighted by Crippen LogP contribution is -2.36. The van der Waals surface area contributed by atoms with Gasteiger partial charge in [-0.15, -0.1) is 0 Å². The summed E-state index contributed by atoms with van der Waals surface area (Å²) in [6.07, 6.45) is 1.59. The summed E-state index contributed by atoms with van der Waals surface area (Å²) in [5.41, 5.74) is 5.89. The first-order valence-electron chi connectivity index (χ1n) is 4.40. The number of nitrogens with two attached hydrogens (primary N) is 1. The van der Waals surface area contributed by atoms with Crippen molar-refractivity contribution in [2.24, 2.45) is 5.73 Å². The van der Waals surface area contributed by atoms with Crippen LogP contribution in [0.2, 0.25) is 0 Å². The van der Waals surface area contributed by atoms with E-state index in [-0.39, 0.29) is 24.9 Å². The van der Waals surface area contributed by atoms with Crippen molar-refractivity contribution in [1.82, 2.24) is 15.5 Å². The molecule has 82 valence electrons. The van der Waals surface area contributed by atoms with Gasteiger partial charge in [-0.2, -0.15) is 5.10 Å². The van der Waals surface area contributed by atoms with E-state index in [4.69, 9.17) is 5.73 Å². The third kappa shape index (κ3) is 3.39. The van der Waals surface area contributed by atoms with Crippen LogP contribution in [0.1, 0.15) is 5.56 Å². The minimum Gasteiger partial charge on any atom is -0.346 e. The fourth-order valence-electron chi connectivity index (χ4n) is 0.908. The maximum absolute atomic E-state index is 11.3. The van der Waals surface area contributed by atoms with Crippen LogP contribution in [0.15, 0.2) is 6.20 Å². The third-order valence-corrected chi connectivity index (χ3v) is 1.72. The minimum atomic E-state index is -0.369. The normalized spacial score (nSPS) is 9.73. The molecule has 0 aliphatic rings. The highest BCUT2D eigenvalue weighted by molar-refractivity contribution is 5.94. The molecule has 0 atom stereocenters. The molecule has 0 radical (unpaired) electrons. The Morgan fingerprint density at radius 1 is 1.53 bits per heavy atom. The molecule has 0 bridgehead atoms. The lowest BCUT2D eigenvalue weighted by Gasteiger charge is -2.04. The number of rotatable bonds is 4. The van der Waals surface area contributed by atoms with Crippen molar-refractivity contribution < 1.29 is 9.59 Å². The van der Waals surface area contributed by atoms with Gasteiger partial charge < -0.3 is 16.4 Å². The van der Waals surface area contributed by atoms with Crippen LogP contribution in [0.3, 0.4) is 0 Å². The number of anilines is 1. The van der Waals surface area contributed by atoms with Crippen LogP contribution in [0.25, 0.3) is 0 Å². The first-order chi connectivity index (χ1) is 7.13. The second kappa shape index (κ2) is 5.11. The molecule has 0 aliphatic heterocycles. The van der Waals surface area contributed by atoms with Gasteiger partial charge in [0.2, 0.25) is 11.8 Å². The summed E-state index contributed by atoms with van der Waals surface area (Å²) >= 11 is 0. The zero-order valence-electron chi connectivity index (χ0n) is 8.33. The molecule has 2 amide bonds. The first kappa shape index (κ1) is 11.2. The van der Waals surface area contributed by atoms with E-state index in [2.05, 4.69) is 20.8 Å². The summed E-state index contributed by atoms with van der Waals surface area (Å²) in [6.45, 7) is 1.57. The van der Waals surface area contributed by atoms with Gasteiger partial charge in [0, 0.05) is 5.56 Å². The number of amides is 2. The van der Waals surface area contributed by atoms with Crippen molar-refractivity contribution in [3.63, 3.8) is 0 Å². The van der Waals surface area contributed by atoms with Crippen LogP contribution in [-0.4, -0.2) is 35.1 Å². The predicted octanol–water partition coefficient (Wildman–Crippen LogP) is -1.27. The van der Waals surface area contributed by atoms with Crippen molar-refractivity contribution in [1.29, 1.82) is 0 Å². The molecule has 0 fully saturated rings. The number of nitrogens with zero attached hydrogens (tertiary/aromatic N) is 1. The number of carbonyl (C=O) groups excluding carboxylic acids is 2. The lowest BCUT2D eigenvalue weighted by molar-refractivity contribution is -0.123. The van der Waals surface area contributed by atoms with Crippen LogP contribution in [0.4, 0.5) is 5.82 Å². The number of hydrogen-bond donors (Lipinski definition) is 4. The summed E-state index contributed by atoms with van der Waals surface area (Å²) < 4.78 is 0. The largest absolute Gasteiger partial charge is 0.346 e. The van der Waals surface area contributed by atoms with Crippen molar-refractivity contribution in [3.05, 3.63) is 11.8 Å². The number of aromatic nitrogens is 2. The maximum atomic E-state index is 11.3. The number of nitrogens with one attached hydrogen (secondary N) is 3. The molecule has 0 saturated heterocycles. The lowest BCUT2D eigenvalue weighted by atomic mass is 10.4. The Balaban J connectivity index is 2.37. The SMILES string of the molecule is Cc1cn[nH]c1NC(=O)CNC(=O)CN. The molecule has 15 heavy (non-hydrogen) atoms. The third-order valence-electron chi connectivity index (χ3n) is 1.72. The van der Waals surface area contributed by atoms with Gasteiger partial charge in [0.05, 0.1) is 19.3 Å². The van der Waals surface area contributed by atoms with E-state index in [1.54, 1.807) is 13.1 Å². The fourth-order valence-corrected chi connectivity index (χ4v) is 0.908. The number of aromatic amines is 1. The minimum absolute atomic E-state index is 0.103.